The SMILES string of the molecule is BCc1cc([N+](=O)[O-])cnc1Br. The number of rotatable bonds is 2. The van der Waals surface area contributed by atoms with Gasteiger partial charge in [-0.15, -0.1) is 0 Å². The van der Waals surface area contributed by atoms with Crippen molar-refractivity contribution in [1.82, 2.24) is 4.98 Å². The minimum atomic E-state index is -0.446. The highest BCUT2D eigenvalue weighted by atomic mass is 79.9. The van der Waals surface area contributed by atoms with E-state index in [1.165, 1.54) is 12.3 Å². The lowest BCUT2D eigenvalue weighted by atomic mass is 9.98. The first-order valence-corrected chi connectivity index (χ1v) is 4.23. The second kappa shape index (κ2) is 3.66. The standard InChI is InChI=1S/C6H6BBrN2O2/c7-2-4-1-5(10(11)12)3-9-6(4)8/h1,3H,2,7H2. The monoisotopic (exact) mass is 228 g/mol. The van der Waals surface area contributed by atoms with E-state index in [0.717, 1.165) is 11.9 Å². The molecule has 0 saturated carbocycles. The molecule has 0 spiro atoms. The van der Waals surface area contributed by atoms with Gasteiger partial charge in [-0.2, -0.15) is 0 Å². The van der Waals surface area contributed by atoms with Gasteiger partial charge in [-0.25, -0.2) is 4.98 Å². The third-order valence-electron chi connectivity index (χ3n) is 1.49. The van der Waals surface area contributed by atoms with Crippen LogP contribution in [-0.4, -0.2) is 17.8 Å². The molecule has 0 saturated heterocycles. The summed E-state index contributed by atoms with van der Waals surface area (Å²) in [6.07, 6.45) is 1.97. The molecule has 6 heteroatoms. The molecule has 0 amide bonds. The summed E-state index contributed by atoms with van der Waals surface area (Å²) in [6.45, 7) is 0. The Morgan fingerprint density at radius 1 is 1.75 bits per heavy atom. The molecule has 0 unspecified atom stereocenters. The molecule has 62 valence electrons. The highest BCUT2D eigenvalue weighted by molar-refractivity contribution is 9.10. The van der Waals surface area contributed by atoms with Gasteiger partial charge in [0.25, 0.3) is 5.69 Å². The summed E-state index contributed by atoms with van der Waals surface area (Å²) in [5.74, 6) is 0. The van der Waals surface area contributed by atoms with Crippen LogP contribution >= 0.6 is 15.9 Å². The van der Waals surface area contributed by atoms with Crippen molar-refractivity contribution in [2.45, 2.75) is 6.32 Å². The van der Waals surface area contributed by atoms with E-state index in [1.807, 2.05) is 7.85 Å². The van der Waals surface area contributed by atoms with Gasteiger partial charge in [0.2, 0.25) is 0 Å². The minimum absolute atomic E-state index is 0.0371. The Labute approximate surface area is 78.7 Å². The molecular weight excluding hydrogens is 223 g/mol. The summed E-state index contributed by atoms with van der Waals surface area (Å²) in [4.78, 5) is 13.7. The Kier molecular flexibility index (Phi) is 2.81. The lowest BCUT2D eigenvalue weighted by Gasteiger charge is -1.98. The molecule has 0 aromatic carbocycles. The van der Waals surface area contributed by atoms with Gasteiger partial charge in [0.05, 0.1) is 4.92 Å². The smallest absolute Gasteiger partial charge is 0.258 e. The van der Waals surface area contributed by atoms with Crippen LogP contribution in [0.3, 0.4) is 0 Å². The Bertz CT molecular complexity index is 318. The zero-order chi connectivity index (χ0) is 9.14. The normalized spacial score (nSPS) is 9.75. The molecule has 0 fully saturated rings. The van der Waals surface area contributed by atoms with Crippen LogP contribution in [0.25, 0.3) is 0 Å². The van der Waals surface area contributed by atoms with Crippen LogP contribution in [0.1, 0.15) is 5.56 Å². The lowest BCUT2D eigenvalue weighted by molar-refractivity contribution is -0.385. The Hall–Kier alpha value is -0.905. The number of pyridine rings is 1. The van der Waals surface area contributed by atoms with Gasteiger partial charge in [0.1, 0.15) is 18.6 Å². The molecule has 0 aliphatic heterocycles. The van der Waals surface area contributed by atoms with Crippen molar-refractivity contribution >= 4 is 29.5 Å². The fourth-order valence-corrected chi connectivity index (χ4v) is 1.33. The molecule has 12 heavy (non-hydrogen) atoms. The zero-order valence-corrected chi connectivity index (χ0v) is 8.04. The van der Waals surface area contributed by atoms with Gasteiger partial charge in [0.15, 0.2) is 0 Å². The Balaban J connectivity index is 3.13. The van der Waals surface area contributed by atoms with E-state index in [1.54, 1.807) is 0 Å². The van der Waals surface area contributed by atoms with Crippen LogP contribution in [-0.2, 0) is 6.32 Å². The van der Waals surface area contributed by atoms with E-state index in [0.29, 0.717) is 4.60 Å². The largest absolute Gasteiger partial charge is 0.287 e. The number of hydrogen-bond acceptors (Lipinski definition) is 3. The molecule has 0 aliphatic rings. The van der Waals surface area contributed by atoms with E-state index in [-0.39, 0.29) is 5.69 Å². The third-order valence-corrected chi connectivity index (χ3v) is 2.20. The van der Waals surface area contributed by atoms with Crippen LogP contribution < -0.4 is 0 Å². The average molecular weight is 229 g/mol. The van der Waals surface area contributed by atoms with E-state index in [9.17, 15) is 10.1 Å². The zero-order valence-electron chi connectivity index (χ0n) is 6.45. The van der Waals surface area contributed by atoms with Crippen LogP contribution in [0.2, 0.25) is 0 Å². The van der Waals surface area contributed by atoms with E-state index >= 15 is 0 Å². The molecule has 1 rings (SSSR count). The van der Waals surface area contributed by atoms with Gasteiger partial charge in [-0.05, 0) is 21.5 Å². The van der Waals surface area contributed by atoms with Crippen LogP contribution in [0.4, 0.5) is 5.69 Å². The maximum absolute atomic E-state index is 10.3. The van der Waals surface area contributed by atoms with E-state index in [2.05, 4.69) is 20.9 Å². The summed E-state index contributed by atoms with van der Waals surface area (Å²) in [5, 5.41) is 10.3. The fourth-order valence-electron chi connectivity index (χ4n) is 0.829. The maximum Gasteiger partial charge on any atom is 0.287 e. The van der Waals surface area contributed by atoms with Crippen molar-refractivity contribution in [1.29, 1.82) is 0 Å². The summed E-state index contributed by atoms with van der Waals surface area (Å²) in [6, 6.07) is 1.52. The van der Waals surface area contributed by atoms with E-state index in [4.69, 9.17) is 0 Å². The minimum Gasteiger partial charge on any atom is -0.258 e. The van der Waals surface area contributed by atoms with Crippen molar-refractivity contribution in [3.63, 3.8) is 0 Å². The number of aromatic nitrogens is 1. The van der Waals surface area contributed by atoms with Gasteiger partial charge in [0, 0.05) is 6.07 Å². The van der Waals surface area contributed by atoms with Gasteiger partial charge >= 0.3 is 0 Å². The first-order valence-electron chi connectivity index (χ1n) is 3.44. The molecule has 1 heterocycles. The maximum atomic E-state index is 10.3. The molecule has 0 bridgehead atoms. The molecule has 4 nitrogen and oxygen atoms in total. The van der Waals surface area contributed by atoms with Crippen LogP contribution in [0, 0.1) is 10.1 Å². The number of halogens is 1. The average Bonchev–Trinajstić information content (AvgIpc) is 2.05. The molecule has 1 aromatic heterocycles. The molecule has 0 radical (unpaired) electrons. The molecule has 0 N–H and O–H groups in total. The second-order valence-corrected chi connectivity index (χ2v) is 3.01. The van der Waals surface area contributed by atoms with Crippen molar-refractivity contribution in [3.05, 3.63) is 32.5 Å². The van der Waals surface area contributed by atoms with Crippen LogP contribution in [0.15, 0.2) is 16.9 Å². The Morgan fingerprint density at radius 3 is 2.92 bits per heavy atom. The fraction of sp³-hybridized carbons (Fsp3) is 0.167. The molecule has 0 aliphatic carbocycles. The summed E-state index contributed by atoms with van der Waals surface area (Å²) >= 11 is 3.21. The van der Waals surface area contributed by atoms with E-state index < -0.39 is 4.92 Å². The Morgan fingerprint density at radius 2 is 2.42 bits per heavy atom. The molecule has 0 atom stereocenters. The van der Waals surface area contributed by atoms with Crippen molar-refractivity contribution in [3.8, 4) is 0 Å². The quantitative estimate of drug-likeness (QED) is 0.327. The summed E-state index contributed by atoms with van der Waals surface area (Å²) in [5.41, 5.74) is 0.888. The van der Waals surface area contributed by atoms with Gasteiger partial charge in [-0.1, -0.05) is 6.32 Å². The third kappa shape index (κ3) is 1.82. The lowest BCUT2D eigenvalue weighted by Crippen LogP contribution is -1.94. The summed E-state index contributed by atoms with van der Waals surface area (Å²) < 4.78 is 0.676. The van der Waals surface area contributed by atoms with Crippen molar-refractivity contribution in [2.24, 2.45) is 0 Å². The first kappa shape index (κ1) is 9.19. The topological polar surface area (TPSA) is 56.0 Å². The van der Waals surface area contributed by atoms with Crippen molar-refractivity contribution in [2.75, 3.05) is 0 Å². The number of nitro groups is 1. The highest BCUT2D eigenvalue weighted by Gasteiger charge is 2.08. The predicted octanol–water partition coefficient (Wildman–Crippen LogP) is 0.885. The number of nitrogens with zero attached hydrogens (tertiary/aromatic N) is 2. The molecular formula is C6H6BBrN2O2. The van der Waals surface area contributed by atoms with Crippen LogP contribution in [0.5, 0.6) is 0 Å². The number of hydrogen-bond donors (Lipinski definition) is 0. The van der Waals surface area contributed by atoms with Gasteiger partial charge < -0.3 is 0 Å². The molecule has 1 aromatic rings. The summed E-state index contributed by atoms with van der Waals surface area (Å²) in [7, 11) is 1.92. The highest BCUT2D eigenvalue weighted by Crippen LogP contribution is 2.18. The van der Waals surface area contributed by atoms with Gasteiger partial charge in [-0.3, -0.25) is 10.1 Å². The predicted molar refractivity (Wildman–Crippen MR) is 50.8 cm³/mol. The van der Waals surface area contributed by atoms with Crippen molar-refractivity contribution < 1.29 is 4.92 Å². The first-order chi connectivity index (χ1) is 5.65. The second-order valence-electron chi connectivity index (χ2n) is 2.25.